The Kier molecular flexibility index (Phi) is 4.87. The van der Waals surface area contributed by atoms with Crippen LogP contribution in [0.1, 0.15) is 32.6 Å². The van der Waals surface area contributed by atoms with Crippen LogP contribution in [0.4, 0.5) is 0 Å². The quantitative estimate of drug-likeness (QED) is 0.492. The number of hydrogen-bond donors (Lipinski definition) is 1. The summed E-state index contributed by atoms with van der Waals surface area (Å²) in [4.78, 5) is 11.0. The van der Waals surface area contributed by atoms with Crippen LogP contribution in [-0.4, -0.2) is 31.9 Å². The Morgan fingerprint density at radius 1 is 1.45 bits per heavy atom. The molecule has 0 aromatic heterocycles. The van der Waals surface area contributed by atoms with E-state index in [1.165, 1.54) is 5.57 Å². The SMILES string of the molecule is C[C@H]1CC=C2C[C@@H](O)C[C@H](O[Si](C)(C)C)[C@@H]2[C@H]1CC=O. The summed E-state index contributed by atoms with van der Waals surface area (Å²) >= 11 is 0. The van der Waals surface area contributed by atoms with Gasteiger partial charge in [-0.2, -0.15) is 0 Å². The average molecular weight is 296 g/mol. The summed E-state index contributed by atoms with van der Waals surface area (Å²) in [6.45, 7) is 8.81. The van der Waals surface area contributed by atoms with E-state index in [0.717, 1.165) is 19.1 Å². The van der Waals surface area contributed by atoms with Gasteiger partial charge in [0.1, 0.15) is 6.29 Å². The zero-order chi connectivity index (χ0) is 14.9. The highest BCUT2D eigenvalue weighted by molar-refractivity contribution is 6.69. The van der Waals surface area contributed by atoms with Gasteiger partial charge in [-0.3, -0.25) is 0 Å². The third-order valence-corrected chi connectivity index (χ3v) is 5.63. The normalized spacial score (nSPS) is 38.0. The molecule has 2 aliphatic carbocycles. The molecule has 0 unspecified atom stereocenters. The van der Waals surface area contributed by atoms with Crippen LogP contribution >= 0.6 is 0 Å². The molecule has 5 atom stereocenters. The predicted octanol–water partition coefficient (Wildman–Crippen LogP) is 3.15. The molecule has 0 aliphatic heterocycles. The van der Waals surface area contributed by atoms with Crippen molar-refractivity contribution in [3.05, 3.63) is 11.6 Å². The highest BCUT2D eigenvalue weighted by Crippen LogP contribution is 2.45. The van der Waals surface area contributed by atoms with Gasteiger partial charge < -0.3 is 14.3 Å². The third-order valence-electron chi connectivity index (χ3n) is 4.62. The lowest BCUT2D eigenvalue weighted by Gasteiger charge is -2.46. The number of aliphatic hydroxyl groups is 1. The zero-order valence-corrected chi connectivity index (χ0v) is 14.1. The summed E-state index contributed by atoms with van der Waals surface area (Å²) < 4.78 is 6.37. The standard InChI is InChI=1S/C16H28O3Si/c1-11-5-6-12-9-13(18)10-15(19-20(2,3)4)16(12)14(11)7-8-17/h6,8,11,13-16,18H,5,7,9-10H2,1-4H3/t11-,13+,14-,15-,16-/m0/s1. The molecule has 2 rings (SSSR count). The average Bonchev–Trinajstić information content (AvgIpc) is 2.30. The van der Waals surface area contributed by atoms with Gasteiger partial charge in [0.25, 0.3) is 0 Å². The van der Waals surface area contributed by atoms with Gasteiger partial charge in [-0.25, -0.2) is 0 Å². The molecule has 0 radical (unpaired) electrons. The van der Waals surface area contributed by atoms with Crippen LogP contribution in [0, 0.1) is 17.8 Å². The molecule has 2 aliphatic rings. The maximum absolute atomic E-state index is 11.0. The second-order valence-electron chi connectivity index (χ2n) is 7.45. The van der Waals surface area contributed by atoms with Crippen molar-refractivity contribution in [3.8, 4) is 0 Å². The van der Waals surface area contributed by atoms with Crippen LogP contribution in [0.5, 0.6) is 0 Å². The first-order valence-corrected chi connectivity index (χ1v) is 11.2. The van der Waals surface area contributed by atoms with Gasteiger partial charge in [0.05, 0.1) is 12.2 Å². The van der Waals surface area contributed by atoms with E-state index in [1.54, 1.807) is 0 Å². The maximum Gasteiger partial charge on any atom is 0.184 e. The molecule has 20 heavy (non-hydrogen) atoms. The van der Waals surface area contributed by atoms with Crippen LogP contribution in [0.25, 0.3) is 0 Å². The lowest BCUT2D eigenvalue weighted by molar-refractivity contribution is -0.110. The van der Waals surface area contributed by atoms with Crippen LogP contribution in [0.3, 0.4) is 0 Å². The number of carbonyl (C=O) groups excluding carboxylic acids is 1. The molecule has 0 saturated heterocycles. The molecule has 4 heteroatoms. The fourth-order valence-corrected chi connectivity index (χ4v) is 5.00. The number of aldehydes is 1. The summed E-state index contributed by atoms with van der Waals surface area (Å²) in [5, 5.41) is 10.1. The Balaban J connectivity index is 2.27. The minimum absolute atomic E-state index is 0.0874. The molecular formula is C16H28O3Si. The molecule has 0 bridgehead atoms. The second-order valence-corrected chi connectivity index (χ2v) is 11.9. The van der Waals surface area contributed by atoms with Crippen LogP contribution in [0.2, 0.25) is 19.6 Å². The fraction of sp³-hybridized carbons (Fsp3) is 0.812. The van der Waals surface area contributed by atoms with Crippen molar-refractivity contribution < 1.29 is 14.3 Å². The molecule has 0 spiro atoms. The fourth-order valence-electron chi connectivity index (χ4n) is 3.85. The monoisotopic (exact) mass is 296 g/mol. The van der Waals surface area contributed by atoms with Gasteiger partial charge in [-0.15, -0.1) is 0 Å². The van der Waals surface area contributed by atoms with Crippen molar-refractivity contribution in [2.45, 2.75) is 64.5 Å². The molecule has 0 aromatic rings. The first-order chi connectivity index (χ1) is 9.31. The van der Waals surface area contributed by atoms with Crippen molar-refractivity contribution in [1.29, 1.82) is 0 Å². The Morgan fingerprint density at radius 3 is 2.75 bits per heavy atom. The molecule has 1 fully saturated rings. The Morgan fingerprint density at radius 2 is 2.15 bits per heavy atom. The molecule has 0 aromatic carbocycles. The van der Waals surface area contributed by atoms with Crippen molar-refractivity contribution in [1.82, 2.24) is 0 Å². The van der Waals surface area contributed by atoms with Gasteiger partial charge in [0.15, 0.2) is 8.32 Å². The minimum Gasteiger partial charge on any atom is -0.414 e. The zero-order valence-electron chi connectivity index (χ0n) is 13.1. The van der Waals surface area contributed by atoms with E-state index in [-0.39, 0.29) is 12.2 Å². The summed E-state index contributed by atoms with van der Waals surface area (Å²) in [7, 11) is -1.65. The Labute approximate surface area is 123 Å². The molecule has 0 amide bonds. The maximum atomic E-state index is 11.0. The van der Waals surface area contributed by atoms with Crippen molar-refractivity contribution >= 4 is 14.6 Å². The smallest absolute Gasteiger partial charge is 0.184 e. The molecule has 0 heterocycles. The van der Waals surface area contributed by atoms with Gasteiger partial charge >= 0.3 is 0 Å². The van der Waals surface area contributed by atoms with E-state index >= 15 is 0 Å². The van der Waals surface area contributed by atoms with Gasteiger partial charge in [-0.05, 0) is 50.7 Å². The van der Waals surface area contributed by atoms with Crippen molar-refractivity contribution in [3.63, 3.8) is 0 Å². The van der Waals surface area contributed by atoms with Gasteiger partial charge in [0, 0.05) is 12.3 Å². The summed E-state index contributed by atoms with van der Waals surface area (Å²) in [6, 6.07) is 0. The predicted molar refractivity (Wildman–Crippen MR) is 83.0 cm³/mol. The second kappa shape index (κ2) is 6.12. The van der Waals surface area contributed by atoms with E-state index in [2.05, 4.69) is 32.6 Å². The molecule has 3 nitrogen and oxygen atoms in total. The molecule has 114 valence electrons. The Hall–Kier alpha value is -0.453. The highest BCUT2D eigenvalue weighted by atomic mass is 28.4. The topological polar surface area (TPSA) is 46.5 Å². The minimum atomic E-state index is -1.65. The lowest BCUT2D eigenvalue weighted by Crippen LogP contribution is -2.47. The van der Waals surface area contributed by atoms with Crippen LogP contribution in [0.15, 0.2) is 11.6 Å². The van der Waals surface area contributed by atoms with E-state index in [0.29, 0.717) is 30.6 Å². The molecule has 1 N–H and O–H groups in total. The van der Waals surface area contributed by atoms with Gasteiger partial charge in [-0.1, -0.05) is 18.6 Å². The van der Waals surface area contributed by atoms with Crippen LogP contribution < -0.4 is 0 Å². The first-order valence-electron chi connectivity index (χ1n) is 7.80. The first kappa shape index (κ1) is 15.9. The van der Waals surface area contributed by atoms with E-state index in [4.69, 9.17) is 4.43 Å². The number of fused-ring (bicyclic) bond motifs is 1. The third kappa shape index (κ3) is 3.60. The van der Waals surface area contributed by atoms with Crippen molar-refractivity contribution in [2.75, 3.05) is 0 Å². The number of hydrogen-bond acceptors (Lipinski definition) is 3. The van der Waals surface area contributed by atoms with E-state index < -0.39 is 8.32 Å². The lowest BCUT2D eigenvalue weighted by atomic mass is 9.64. The summed E-state index contributed by atoms with van der Waals surface area (Å²) in [6.07, 6.45) is 6.27. The molecule has 1 saturated carbocycles. The summed E-state index contributed by atoms with van der Waals surface area (Å²) in [5.41, 5.74) is 1.33. The van der Waals surface area contributed by atoms with Crippen LogP contribution in [-0.2, 0) is 9.22 Å². The number of allylic oxidation sites excluding steroid dienone is 1. The largest absolute Gasteiger partial charge is 0.414 e. The number of aliphatic hydroxyl groups excluding tert-OH is 1. The summed E-state index contributed by atoms with van der Waals surface area (Å²) in [5.74, 6) is 1.23. The molecular weight excluding hydrogens is 268 g/mol. The number of rotatable bonds is 4. The van der Waals surface area contributed by atoms with E-state index in [1.807, 2.05) is 0 Å². The number of carbonyl (C=O) groups is 1. The highest BCUT2D eigenvalue weighted by Gasteiger charge is 2.43. The Bertz CT molecular complexity index is 386. The van der Waals surface area contributed by atoms with Gasteiger partial charge in [0.2, 0.25) is 0 Å². The van der Waals surface area contributed by atoms with Crippen molar-refractivity contribution in [2.24, 2.45) is 17.8 Å². The van der Waals surface area contributed by atoms with E-state index in [9.17, 15) is 9.90 Å².